The molecule has 0 aliphatic heterocycles. The fourth-order valence-corrected chi connectivity index (χ4v) is 0.329. The van der Waals surface area contributed by atoms with Gasteiger partial charge in [0.2, 0.25) is 6.79 Å². The van der Waals surface area contributed by atoms with Crippen molar-refractivity contribution < 1.29 is 23.8 Å². The van der Waals surface area contributed by atoms with Gasteiger partial charge in [0.15, 0.2) is 0 Å². The normalized spacial score (nSPS) is 8.42. The molecule has 0 radical (unpaired) electrons. The summed E-state index contributed by atoms with van der Waals surface area (Å²) in [7, 11) is 0. The highest BCUT2D eigenvalue weighted by molar-refractivity contribution is 5.66. The van der Waals surface area contributed by atoms with Crippen molar-refractivity contribution >= 4 is 12.1 Å². The molecule has 0 saturated heterocycles. The van der Waals surface area contributed by atoms with Crippen LogP contribution in [-0.4, -0.2) is 25.5 Å². The molecule has 0 N–H and O–H groups in total. The van der Waals surface area contributed by atoms with E-state index < -0.39 is 18.9 Å². The first-order valence-electron chi connectivity index (χ1n) is 3.20. The molecule has 0 bridgehead atoms. The Hall–Kier alpha value is -1.52. The van der Waals surface area contributed by atoms with Crippen molar-refractivity contribution in [1.29, 1.82) is 0 Å². The molecule has 0 aliphatic rings. The van der Waals surface area contributed by atoms with Crippen molar-refractivity contribution in [3.8, 4) is 0 Å². The van der Waals surface area contributed by atoms with Gasteiger partial charge in [0.25, 0.3) is 0 Å². The number of ether oxygens (including phenoxy) is 3. The smallest absolute Gasteiger partial charge is 0.430 e. The third-order valence-corrected chi connectivity index (χ3v) is 0.758. The van der Waals surface area contributed by atoms with E-state index in [4.69, 9.17) is 0 Å². The zero-order chi connectivity index (χ0) is 9.40. The Morgan fingerprint density at radius 3 is 2.50 bits per heavy atom. The van der Waals surface area contributed by atoms with Gasteiger partial charge in [0, 0.05) is 6.92 Å². The Bertz CT molecular complexity index is 175. The van der Waals surface area contributed by atoms with Gasteiger partial charge in [-0.1, -0.05) is 12.7 Å². The first-order valence-corrected chi connectivity index (χ1v) is 3.20. The van der Waals surface area contributed by atoms with Crippen molar-refractivity contribution in [3.05, 3.63) is 12.7 Å². The standard InChI is InChI=1S/C7H10O5/c1-3-4-10-7(9)12-5-11-6(2)8/h3H,1,4-5H2,2H3. The molecule has 0 fully saturated rings. The van der Waals surface area contributed by atoms with Crippen molar-refractivity contribution in [2.45, 2.75) is 6.92 Å². The Morgan fingerprint density at radius 2 is 2.00 bits per heavy atom. The van der Waals surface area contributed by atoms with Gasteiger partial charge in [-0.05, 0) is 0 Å². The van der Waals surface area contributed by atoms with Crippen LogP contribution in [0.1, 0.15) is 6.92 Å². The monoisotopic (exact) mass is 174 g/mol. The van der Waals surface area contributed by atoms with Crippen LogP contribution < -0.4 is 0 Å². The molecule has 0 spiro atoms. The van der Waals surface area contributed by atoms with Gasteiger partial charge in [-0.15, -0.1) is 0 Å². The topological polar surface area (TPSA) is 61.8 Å². The molecule has 12 heavy (non-hydrogen) atoms. The SMILES string of the molecule is C=CCOC(=O)OCOC(C)=O. The number of hydrogen-bond acceptors (Lipinski definition) is 5. The maximum atomic E-state index is 10.5. The minimum Gasteiger partial charge on any atom is -0.430 e. The van der Waals surface area contributed by atoms with Crippen LogP contribution in [0.3, 0.4) is 0 Å². The lowest BCUT2D eigenvalue weighted by atomic mass is 10.7. The molecule has 68 valence electrons. The van der Waals surface area contributed by atoms with Gasteiger partial charge >= 0.3 is 12.1 Å². The zero-order valence-corrected chi connectivity index (χ0v) is 6.74. The second kappa shape index (κ2) is 6.21. The summed E-state index contributed by atoms with van der Waals surface area (Å²) in [5.74, 6) is -0.522. The van der Waals surface area contributed by atoms with E-state index in [9.17, 15) is 9.59 Å². The lowest BCUT2D eigenvalue weighted by Gasteiger charge is -2.03. The molecular formula is C7H10O5. The second-order valence-corrected chi connectivity index (χ2v) is 1.75. The summed E-state index contributed by atoms with van der Waals surface area (Å²) in [6.45, 7) is 4.17. The largest absolute Gasteiger partial charge is 0.511 e. The van der Waals surface area contributed by atoms with E-state index in [1.807, 2.05) is 0 Å². The predicted octanol–water partition coefficient (Wildman–Crippen LogP) is 0.846. The van der Waals surface area contributed by atoms with Crippen LogP contribution in [0.5, 0.6) is 0 Å². The van der Waals surface area contributed by atoms with Crippen molar-refractivity contribution in [2.75, 3.05) is 13.4 Å². The molecule has 0 aromatic heterocycles. The van der Waals surface area contributed by atoms with Crippen LogP contribution in [-0.2, 0) is 19.0 Å². The highest BCUT2D eigenvalue weighted by Gasteiger charge is 2.02. The minimum absolute atomic E-state index is 0.0684. The molecule has 5 nitrogen and oxygen atoms in total. The summed E-state index contributed by atoms with van der Waals surface area (Å²) < 4.78 is 13.0. The second-order valence-electron chi connectivity index (χ2n) is 1.75. The molecule has 0 unspecified atom stereocenters. The van der Waals surface area contributed by atoms with Crippen molar-refractivity contribution in [1.82, 2.24) is 0 Å². The molecule has 0 aromatic rings. The minimum atomic E-state index is -0.892. The third kappa shape index (κ3) is 6.60. The lowest BCUT2D eigenvalue weighted by molar-refractivity contribution is -0.150. The van der Waals surface area contributed by atoms with Crippen molar-refractivity contribution in [2.24, 2.45) is 0 Å². The Morgan fingerprint density at radius 1 is 1.33 bits per heavy atom. The fourth-order valence-electron chi connectivity index (χ4n) is 0.329. The fraction of sp³-hybridized carbons (Fsp3) is 0.429. The predicted molar refractivity (Wildman–Crippen MR) is 39.3 cm³/mol. The molecule has 0 saturated carbocycles. The lowest BCUT2D eigenvalue weighted by Crippen LogP contribution is -2.12. The molecular weight excluding hydrogens is 164 g/mol. The summed E-state index contributed by atoms with van der Waals surface area (Å²) in [6.07, 6.45) is 0.503. The van der Waals surface area contributed by atoms with E-state index in [-0.39, 0.29) is 6.61 Å². The molecule has 0 amide bonds. The molecule has 0 rings (SSSR count). The summed E-state index contributed by atoms with van der Waals surface area (Å²) in [4.78, 5) is 20.7. The van der Waals surface area contributed by atoms with E-state index in [1.165, 1.54) is 13.0 Å². The number of carbonyl (C=O) groups is 2. The summed E-state index contributed by atoms with van der Waals surface area (Å²) in [6, 6.07) is 0. The first-order chi connectivity index (χ1) is 5.66. The maximum absolute atomic E-state index is 10.5. The Balaban J connectivity index is 3.31. The van der Waals surface area contributed by atoms with Gasteiger partial charge in [0.05, 0.1) is 0 Å². The number of esters is 1. The van der Waals surface area contributed by atoms with Crippen LogP contribution in [0, 0.1) is 0 Å². The number of rotatable bonds is 4. The molecule has 0 heterocycles. The van der Waals surface area contributed by atoms with Crippen LogP contribution in [0.4, 0.5) is 4.79 Å². The van der Waals surface area contributed by atoms with E-state index in [0.717, 1.165) is 0 Å². The Kier molecular flexibility index (Phi) is 5.42. The van der Waals surface area contributed by atoms with Crippen LogP contribution in [0.15, 0.2) is 12.7 Å². The summed E-state index contributed by atoms with van der Waals surface area (Å²) >= 11 is 0. The zero-order valence-electron chi connectivity index (χ0n) is 6.74. The summed E-state index contributed by atoms with van der Waals surface area (Å²) in [5.41, 5.74) is 0. The van der Waals surface area contributed by atoms with Gasteiger partial charge in [-0.3, -0.25) is 4.79 Å². The first kappa shape index (κ1) is 10.5. The van der Waals surface area contributed by atoms with E-state index in [2.05, 4.69) is 20.8 Å². The van der Waals surface area contributed by atoms with E-state index in [0.29, 0.717) is 0 Å². The summed E-state index contributed by atoms with van der Waals surface area (Å²) in [5, 5.41) is 0. The Labute approximate surface area is 69.9 Å². The quantitative estimate of drug-likeness (QED) is 0.359. The van der Waals surface area contributed by atoms with Crippen molar-refractivity contribution in [3.63, 3.8) is 0 Å². The molecule has 0 aromatic carbocycles. The van der Waals surface area contributed by atoms with E-state index >= 15 is 0 Å². The molecule has 0 aliphatic carbocycles. The van der Waals surface area contributed by atoms with Crippen LogP contribution in [0.25, 0.3) is 0 Å². The maximum Gasteiger partial charge on any atom is 0.511 e. The number of hydrogen-bond donors (Lipinski definition) is 0. The highest BCUT2D eigenvalue weighted by atomic mass is 16.8. The van der Waals surface area contributed by atoms with Gasteiger partial charge < -0.3 is 14.2 Å². The number of carbonyl (C=O) groups excluding carboxylic acids is 2. The average Bonchev–Trinajstić information content (AvgIpc) is 2.00. The molecule has 0 atom stereocenters. The third-order valence-electron chi connectivity index (χ3n) is 0.758. The highest BCUT2D eigenvalue weighted by Crippen LogP contribution is 1.86. The average molecular weight is 174 g/mol. The van der Waals surface area contributed by atoms with Gasteiger partial charge in [-0.25, -0.2) is 4.79 Å². The van der Waals surface area contributed by atoms with E-state index in [1.54, 1.807) is 0 Å². The van der Waals surface area contributed by atoms with Gasteiger partial charge in [0.1, 0.15) is 6.61 Å². The molecule has 5 heteroatoms. The van der Waals surface area contributed by atoms with Crippen LogP contribution >= 0.6 is 0 Å². The van der Waals surface area contributed by atoms with Crippen LogP contribution in [0.2, 0.25) is 0 Å². The van der Waals surface area contributed by atoms with Gasteiger partial charge in [-0.2, -0.15) is 0 Å².